The lowest BCUT2D eigenvalue weighted by Gasteiger charge is -2.24. The fourth-order valence-electron chi connectivity index (χ4n) is 3.36. The van der Waals surface area contributed by atoms with Gasteiger partial charge >= 0.3 is 0 Å². The minimum atomic E-state index is -0.0685. The number of halogens is 1. The highest BCUT2D eigenvalue weighted by Crippen LogP contribution is 2.21. The third kappa shape index (κ3) is 4.78. The van der Waals surface area contributed by atoms with Gasteiger partial charge in [0.25, 0.3) is 5.91 Å². The van der Waals surface area contributed by atoms with Gasteiger partial charge in [-0.3, -0.25) is 4.79 Å². The lowest BCUT2D eigenvalue weighted by atomic mass is 10.1. The topological polar surface area (TPSA) is 72.3 Å². The number of hydrogen-bond acceptors (Lipinski definition) is 5. The molecule has 2 heterocycles. The quantitative estimate of drug-likeness (QED) is 0.816. The summed E-state index contributed by atoms with van der Waals surface area (Å²) < 4.78 is 7.11. The van der Waals surface area contributed by atoms with Crippen LogP contribution in [0.1, 0.15) is 47.6 Å². The molecule has 1 N–H and O–H groups in total. The zero-order valence-electron chi connectivity index (χ0n) is 16.1. The molecule has 0 bridgehead atoms. The summed E-state index contributed by atoms with van der Waals surface area (Å²) in [4.78, 5) is 14.8. The van der Waals surface area contributed by atoms with Crippen LogP contribution in [0.15, 0.2) is 24.3 Å². The van der Waals surface area contributed by atoms with Gasteiger partial charge in [0.15, 0.2) is 5.69 Å². The van der Waals surface area contributed by atoms with Crippen LogP contribution in [0.25, 0.3) is 0 Å². The number of nitrogens with one attached hydrogen (secondary N) is 1. The van der Waals surface area contributed by atoms with Gasteiger partial charge in [-0.15, -0.1) is 17.5 Å². The fourth-order valence-corrected chi connectivity index (χ4v) is 3.36. The van der Waals surface area contributed by atoms with Crippen LogP contribution in [0.3, 0.4) is 0 Å². The monoisotopic (exact) mass is 393 g/mol. The van der Waals surface area contributed by atoms with Crippen molar-refractivity contribution >= 4 is 18.3 Å². The maximum atomic E-state index is 13.0. The summed E-state index contributed by atoms with van der Waals surface area (Å²) in [7, 11) is 1.64. The molecule has 1 aromatic heterocycles. The zero-order valence-corrected chi connectivity index (χ0v) is 17.0. The molecule has 2 aromatic rings. The standard InChI is InChI=1S/C19H27N5O2.ClH/c1-4-23(13-15-5-7-17(26-3)8-6-15)19(25)18-14(2)24(22-21-18)16-9-11-20-12-10-16;/h5-8,16,20H,4,9-13H2,1-3H3;1H. The van der Waals surface area contributed by atoms with Crippen molar-refractivity contribution in [3.63, 3.8) is 0 Å². The first kappa shape index (κ1) is 21.2. The largest absolute Gasteiger partial charge is 0.497 e. The summed E-state index contributed by atoms with van der Waals surface area (Å²) >= 11 is 0. The van der Waals surface area contributed by atoms with E-state index in [-0.39, 0.29) is 18.3 Å². The first-order valence-electron chi connectivity index (χ1n) is 9.18. The number of benzene rings is 1. The Morgan fingerprint density at radius 3 is 2.56 bits per heavy atom. The molecule has 0 unspecified atom stereocenters. The van der Waals surface area contributed by atoms with E-state index < -0.39 is 0 Å². The first-order chi connectivity index (χ1) is 12.6. The van der Waals surface area contributed by atoms with Crippen molar-refractivity contribution < 1.29 is 9.53 Å². The molecule has 1 aromatic carbocycles. The van der Waals surface area contributed by atoms with Crippen LogP contribution in [-0.2, 0) is 6.54 Å². The maximum Gasteiger partial charge on any atom is 0.276 e. The Morgan fingerprint density at radius 2 is 1.96 bits per heavy atom. The zero-order chi connectivity index (χ0) is 18.5. The number of ether oxygens (including phenoxy) is 1. The third-order valence-electron chi connectivity index (χ3n) is 4.99. The normalized spacial score (nSPS) is 14.5. The van der Waals surface area contributed by atoms with Crippen LogP contribution in [0.5, 0.6) is 5.75 Å². The van der Waals surface area contributed by atoms with Crippen molar-refractivity contribution in [2.24, 2.45) is 0 Å². The number of piperidine rings is 1. The molecule has 1 aliphatic rings. The van der Waals surface area contributed by atoms with Gasteiger partial charge in [0.05, 0.1) is 18.8 Å². The smallest absolute Gasteiger partial charge is 0.276 e. The highest BCUT2D eigenvalue weighted by molar-refractivity contribution is 5.93. The predicted molar refractivity (Wildman–Crippen MR) is 107 cm³/mol. The molecule has 27 heavy (non-hydrogen) atoms. The lowest BCUT2D eigenvalue weighted by molar-refractivity contribution is 0.0745. The van der Waals surface area contributed by atoms with Crippen LogP contribution in [0.4, 0.5) is 0 Å². The number of carbonyl (C=O) groups is 1. The van der Waals surface area contributed by atoms with E-state index in [4.69, 9.17) is 4.74 Å². The molecule has 0 radical (unpaired) electrons. The number of nitrogens with zero attached hydrogens (tertiary/aromatic N) is 4. The highest BCUT2D eigenvalue weighted by atomic mass is 35.5. The fraction of sp³-hybridized carbons (Fsp3) is 0.526. The molecular formula is C19H28ClN5O2. The van der Waals surface area contributed by atoms with Gasteiger partial charge in [-0.1, -0.05) is 17.3 Å². The van der Waals surface area contributed by atoms with E-state index in [2.05, 4.69) is 15.6 Å². The molecule has 1 aliphatic heterocycles. The van der Waals surface area contributed by atoms with Crippen LogP contribution < -0.4 is 10.1 Å². The van der Waals surface area contributed by atoms with E-state index in [0.717, 1.165) is 42.9 Å². The Kier molecular flexibility index (Phi) is 7.62. The minimum absolute atomic E-state index is 0. The van der Waals surface area contributed by atoms with Crippen molar-refractivity contribution in [2.75, 3.05) is 26.7 Å². The summed E-state index contributed by atoms with van der Waals surface area (Å²) in [5.41, 5.74) is 2.37. The Morgan fingerprint density at radius 1 is 1.30 bits per heavy atom. The van der Waals surface area contributed by atoms with Crippen LogP contribution in [0, 0.1) is 6.92 Å². The van der Waals surface area contributed by atoms with Gasteiger partial charge in [0, 0.05) is 13.1 Å². The average Bonchev–Trinajstić information content (AvgIpc) is 3.08. The van der Waals surface area contributed by atoms with E-state index in [1.54, 1.807) is 12.0 Å². The highest BCUT2D eigenvalue weighted by Gasteiger charge is 2.25. The van der Waals surface area contributed by atoms with Crippen molar-refractivity contribution in [3.05, 3.63) is 41.2 Å². The van der Waals surface area contributed by atoms with E-state index in [0.29, 0.717) is 24.8 Å². The van der Waals surface area contributed by atoms with Crippen molar-refractivity contribution in [1.82, 2.24) is 25.2 Å². The summed E-state index contributed by atoms with van der Waals surface area (Å²) in [6, 6.07) is 8.10. The predicted octanol–water partition coefficient (Wildman–Crippen LogP) is 2.60. The van der Waals surface area contributed by atoms with Gasteiger partial charge in [-0.2, -0.15) is 0 Å². The number of methoxy groups -OCH3 is 1. The van der Waals surface area contributed by atoms with Crippen molar-refractivity contribution in [3.8, 4) is 5.75 Å². The molecule has 3 rings (SSSR count). The number of carbonyl (C=O) groups excluding carboxylic acids is 1. The Bertz CT molecular complexity index is 741. The molecule has 1 saturated heterocycles. The Hall–Kier alpha value is -2.12. The second-order valence-electron chi connectivity index (χ2n) is 6.62. The van der Waals surface area contributed by atoms with Gasteiger partial charge < -0.3 is 15.0 Å². The molecule has 0 spiro atoms. The number of hydrogen-bond donors (Lipinski definition) is 1. The molecule has 8 heteroatoms. The van der Waals surface area contributed by atoms with Crippen LogP contribution in [-0.4, -0.2) is 52.5 Å². The van der Waals surface area contributed by atoms with Crippen LogP contribution in [0.2, 0.25) is 0 Å². The molecule has 0 aliphatic carbocycles. The number of aromatic nitrogens is 3. The molecule has 1 fully saturated rings. The SMILES string of the molecule is CCN(Cc1ccc(OC)cc1)C(=O)c1nnn(C2CCNCC2)c1C.Cl. The second kappa shape index (κ2) is 9.71. The van der Waals surface area contributed by atoms with Gasteiger partial charge in [-0.05, 0) is 57.5 Å². The summed E-state index contributed by atoms with van der Waals surface area (Å²) in [5.74, 6) is 0.741. The lowest BCUT2D eigenvalue weighted by Crippen LogP contribution is -2.32. The van der Waals surface area contributed by atoms with E-state index in [1.165, 1.54) is 0 Å². The first-order valence-corrected chi connectivity index (χ1v) is 9.18. The Labute approximate surface area is 166 Å². The van der Waals surface area contributed by atoms with E-state index in [1.807, 2.05) is 42.8 Å². The summed E-state index contributed by atoms with van der Waals surface area (Å²) in [5, 5.41) is 11.8. The van der Waals surface area contributed by atoms with Crippen LogP contribution >= 0.6 is 12.4 Å². The van der Waals surface area contributed by atoms with Gasteiger partial charge in [0.2, 0.25) is 0 Å². The molecule has 0 atom stereocenters. The average molecular weight is 394 g/mol. The van der Waals surface area contributed by atoms with Gasteiger partial charge in [0.1, 0.15) is 5.75 Å². The summed E-state index contributed by atoms with van der Waals surface area (Å²) in [6.07, 6.45) is 2.03. The third-order valence-corrected chi connectivity index (χ3v) is 4.99. The van der Waals surface area contributed by atoms with Crippen molar-refractivity contribution in [1.29, 1.82) is 0 Å². The Balaban J connectivity index is 0.00000261. The second-order valence-corrected chi connectivity index (χ2v) is 6.62. The number of amides is 1. The molecule has 1 amide bonds. The minimum Gasteiger partial charge on any atom is -0.497 e. The van der Waals surface area contributed by atoms with Gasteiger partial charge in [-0.25, -0.2) is 4.68 Å². The van der Waals surface area contributed by atoms with Crippen molar-refractivity contribution in [2.45, 2.75) is 39.3 Å². The maximum absolute atomic E-state index is 13.0. The summed E-state index contributed by atoms with van der Waals surface area (Å²) in [6.45, 7) is 7.03. The molecule has 7 nitrogen and oxygen atoms in total. The molecule has 148 valence electrons. The number of rotatable bonds is 6. The molecule has 0 saturated carbocycles. The molecular weight excluding hydrogens is 366 g/mol. The van der Waals surface area contributed by atoms with E-state index >= 15 is 0 Å². The van der Waals surface area contributed by atoms with E-state index in [9.17, 15) is 4.79 Å².